The summed E-state index contributed by atoms with van der Waals surface area (Å²) >= 11 is 0. The quantitative estimate of drug-likeness (QED) is 0.477. The Morgan fingerprint density at radius 1 is 1.24 bits per heavy atom. The Labute approximate surface area is 167 Å². The normalized spacial score (nSPS) is 11.2. The average molecular weight is 393 g/mol. The van der Waals surface area contributed by atoms with E-state index >= 15 is 0 Å². The van der Waals surface area contributed by atoms with E-state index in [1.54, 1.807) is 18.4 Å². The van der Waals surface area contributed by atoms with Crippen molar-refractivity contribution in [3.05, 3.63) is 48.3 Å². The van der Waals surface area contributed by atoms with Gasteiger partial charge in [-0.3, -0.25) is 4.79 Å². The highest BCUT2D eigenvalue weighted by Crippen LogP contribution is 2.21. The Morgan fingerprint density at radius 2 is 2.14 bits per heavy atom. The second-order valence-electron chi connectivity index (χ2n) is 6.90. The summed E-state index contributed by atoms with van der Waals surface area (Å²) < 4.78 is 12.6. The number of furan rings is 1. The number of carbonyl (C=O) groups excluding carboxylic acids is 1. The van der Waals surface area contributed by atoms with Crippen LogP contribution in [0, 0.1) is 6.92 Å². The van der Waals surface area contributed by atoms with Gasteiger partial charge in [0, 0.05) is 25.1 Å². The van der Waals surface area contributed by atoms with Crippen LogP contribution in [0.1, 0.15) is 37.9 Å². The maximum Gasteiger partial charge on any atom is 0.238 e. The summed E-state index contributed by atoms with van der Waals surface area (Å²) in [7, 11) is 0. The first kappa shape index (κ1) is 18.9. The zero-order chi connectivity index (χ0) is 20.2. The SMILES string of the molecule is CCCn1c(C)nc2cc(NC(=O)CCCc3nc(-c4ccco4)no3)ccc21. The number of nitrogens with one attached hydrogen (secondary N) is 1. The van der Waals surface area contributed by atoms with Crippen LogP contribution in [-0.4, -0.2) is 25.6 Å². The molecule has 3 aromatic heterocycles. The second-order valence-corrected chi connectivity index (χ2v) is 6.90. The van der Waals surface area contributed by atoms with Gasteiger partial charge in [-0.15, -0.1) is 0 Å². The molecule has 8 heteroatoms. The first-order chi connectivity index (χ1) is 14.1. The van der Waals surface area contributed by atoms with Crippen LogP contribution in [0.3, 0.4) is 0 Å². The van der Waals surface area contributed by atoms with Crippen molar-refractivity contribution in [2.45, 2.75) is 46.1 Å². The molecule has 0 saturated carbocycles. The molecule has 0 bridgehead atoms. The molecule has 0 spiro atoms. The lowest BCUT2D eigenvalue weighted by atomic mass is 10.2. The fourth-order valence-corrected chi connectivity index (χ4v) is 3.32. The molecule has 1 N–H and O–H groups in total. The lowest BCUT2D eigenvalue weighted by Gasteiger charge is -2.06. The minimum Gasteiger partial charge on any atom is -0.461 e. The number of carbonyl (C=O) groups is 1. The molecule has 0 atom stereocenters. The van der Waals surface area contributed by atoms with Crippen molar-refractivity contribution in [3.63, 3.8) is 0 Å². The maximum atomic E-state index is 12.3. The van der Waals surface area contributed by atoms with Crippen LogP contribution in [0.4, 0.5) is 5.69 Å². The average Bonchev–Trinajstić information content (AvgIpc) is 3.43. The molecule has 0 aliphatic heterocycles. The Balaban J connectivity index is 1.31. The number of anilines is 1. The van der Waals surface area contributed by atoms with Crippen LogP contribution in [-0.2, 0) is 17.8 Å². The third-order valence-electron chi connectivity index (χ3n) is 4.67. The molecule has 29 heavy (non-hydrogen) atoms. The van der Waals surface area contributed by atoms with Crippen molar-refractivity contribution in [3.8, 4) is 11.6 Å². The van der Waals surface area contributed by atoms with Gasteiger partial charge in [0.1, 0.15) is 5.82 Å². The van der Waals surface area contributed by atoms with Crippen molar-refractivity contribution in [1.29, 1.82) is 0 Å². The van der Waals surface area contributed by atoms with Crippen molar-refractivity contribution < 1.29 is 13.7 Å². The highest BCUT2D eigenvalue weighted by atomic mass is 16.5. The summed E-state index contributed by atoms with van der Waals surface area (Å²) in [4.78, 5) is 21.2. The Kier molecular flexibility index (Phi) is 5.41. The van der Waals surface area contributed by atoms with Crippen LogP contribution >= 0.6 is 0 Å². The molecule has 150 valence electrons. The summed E-state index contributed by atoms with van der Waals surface area (Å²) in [5.74, 6) is 2.39. The van der Waals surface area contributed by atoms with Gasteiger partial charge in [0.2, 0.25) is 17.6 Å². The summed E-state index contributed by atoms with van der Waals surface area (Å²) in [6.45, 7) is 5.08. The highest BCUT2D eigenvalue weighted by Gasteiger charge is 2.12. The first-order valence-electron chi connectivity index (χ1n) is 9.77. The fourth-order valence-electron chi connectivity index (χ4n) is 3.32. The third-order valence-corrected chi connectivity index (χ3v) is 4.67. The molecule has 0 saturated heterocycles. The monoisotopic (exact) mass is 393 g/mol. The number of fused-ring (bicyclic) bond motifs is 1. The number of imidazole rings is 1. The molecule has 4 aromatic rings. The van der Waals surface area contributed by atoms with Crippen molar-refractivity contribution in [2.75, 3.05) is 5.32 Å². The molecule has 0 radical (unpaired) electrons. The molecule has 8 nitrogen and oxygen atoms in total. The van der Waals surface area contributed by atoms with Gasteiger partial charge >= 0.3 is 0 Å². The van der Waals surface area contributed by atoms with Crippen LogP contribution in [0.5, 0.6) is 0 Å². The third kappa shape index (κ3) is 4.21. The van der Waals surface area contributed by atoms with Gasteiger partial charge in [0.05, 0.1) is 17.3 Å². The van der Waals surface area contributed by atoms with Crippen LogP contribution in [0.2, 0.25) is 0 Å². The number of hydrogen-bond donors (Lipinski definition) is 1. The molecule has 1 amide bonds. The van der Waals surface area contributed by atoms with E-state index in [1.165, 1.54) is 0 Å². The summed E-state index contributed by atoms with van der Waals surface area (Å²) in [6, 6.07) is 9.38. The number of aromatic nitrogens is 4. The molecule has 1 aromatic carbocycles. The van der Waals surface area contributed by atoms with Crippen LogP contribution in [0.15, 0.2) is 45.5 Å². The van der Waals surface area contributed by atoms with E-state index in [1.807, 2.05) is 25.1 Å². The molecule has 0 unspecified atom stereocenters. The number of benzene rings is 1. The summed E-state index contributed by atoms with van der Waals surface area (Å²) in [6.07, 6.45) is 4.11. The summed E-state index contributed by atoms with van der Waals surface area (Å²) in [5.41, 5.74) is 2.73. The van der Waals surface area contributed by atoms with Gasteiger partial charge in [-0.2, -0.15) is 4.98 Å². The second kappa shape index (κ2) is 8.30. The molecular weight excluding hydrogens is 370 g/mol. The molecule has 0 fully saturated rings. The van der Waals surface area contributed by atoms with E-state index < -0.39 is 0 Å². The standard InChI is InChI=1S/C21H23N5O3/c1-3-11-26-14(2)22-16-13-15(9-10-17(16)26)23-19(27)7-4-8-20-24-21(25-29-20)18-6-5-12-28-18/h5-6,9-10,12-13H,3-4,7-8,11H2,1-2H3,(H,23,27). The number of nitrogens with zero attached hydrogens (tertiary/aromatic N) is 4. The number of hydrogen-bond acceptors (Lipinski definition) is 6. The van der Waals surface area contributed by atoms with Gasteiger partial charge in [-0.1, -0.05) is 12.1 Å². The Morgan fingerprint density at radius 3 is 2.93 bits per heavy atom. The van der Waals surface area contributed by atoms with E-state index in [-0.39, 0.29) is 5.91 Å². The van der Waals surface area contributed by atoms with Gasteiger partial charge in [0.15, 0.2) is 5.76 Å². The van der Waals surface area contributed by atoms with E-state index in [0.29, 0.717) is 36.7 Å². The predicted octanol–water partition coefficient (Wildman–Crippen LogP) is 4.36. The lowest BCUT2D eigenvalue weighted by molar-refractivity contribution is -0.116. The number of amides is 1. The van der Waals surface area contributed by atoms with Crippen molar-refractivity contribution >= 4 is 22.6 Å². The zero-order valence-corrected chi connectivity index (χ0v) is 16.5. The van der Waals surface area contributed by atoms with Crippen LogP contribution < -0.4 is 5.32 Å². The van der Waals surface area contributed by atoms with E-state index in [0.717, 1.165) is 35.5 Å². The summed E-state index contributed by atoms with van der Waals surface area (Å²) in [5, 5.41) is 6.82. The van der Waals surface area contributed by atoms with E-state index in [2.05, 4.69) is 31.9 Å². The van der Waals surface area contributed by atoms with E-state index in [9.17, 15) is 4.79 Å². The van der Waals surface area contributed by atoms with Gasteiger partial charge in [-0.05, 0) is 50.1 Å². The molecule has 0 aliphatic carbocycles. The smallest absolute Gasteiger partial charge is 0.238 e. The maximum absolute atomic E-state index is 12.3. The van der Waals surface area contributed by atoms with Gasteiger partial charge in [0.25, 0.3) is 0 Å². The van der Waals surface area contributed by atoms with Crippen molar-refractivity contribution in [2.24, 2.45) is 0 Å². The Bertz CT molecular complexity index is 1110. The lowest BCUT2D eigenvalue weighted by Crippen LogP contribution is -2.11. The highest BCUT2D eigenvalue weighted by molar-refractivity contribution is 5.93. The largest absolute Gasteiger partial charge is 0.461 e. The molecule has 3 heterocycles. The fraction of sp³-hybridized carbons (Fsp3) is 0.333. The molecule has 4 rings (SSSR count). The van der Waals surface area contributed by atoms with Gasteiger partial charge < -0.3 is 18.8 Å². The Hall–Kier alpha value is -3.42. The van der Waals surface area contributed by atoms with Gasteiger partial charge in [-0.25, -0.2) is 4.98 Å². The molecule has 0 aliphatic rings. The van der Waals surface area contributed by atoms with Crippen LogP contribution in [0.25, 0.3) is 22.6 Å². The van der Waals surface area contributed by atoms with E-state index in [4.69, 9.17) is 8.94 Å². The molecular formula is C21H23N5O3. The minimum absolute atomic E-state index is 0.0557. The predicted molar refractivity (Wildman–Crippen MR) is 108 cm³/mol. The first-order valence-corrected chi connectivity index (χ1v) is 9.77. The number of aryl methyl sites for hydroxylation is 3. The number of rotatable bonds is 8. The van der Waals surface area contributed by atoms with Crippen molar-refractivity contribution in [1.82, 2.24) is 19.7 Å². The topological polar surface area (TPSA) is 99.0 Å². The minimum atomic E-state index is -0.0557. The zero-order valence-electron chi connectivity index (χ0n) is 16.5.